The van der Waals surface area contributed by atoms with E-state index < -0.39 is 0 Å². The van der Waals surface area contributed by atoms with E-state index in [2.05, 4.69) is 17.9 Å². The third kappa shape index (κ3) is 2.06. The van der Waals surface area contributed by atoms with Crippen LogP contribution in [0, 0.1) is 17.2 Å². The van der Waals surface area contributed by atoms with Crippen LogP contribution in [0.5, 0.6) is 0 Å². The van der Waals surface area contributed by atoms with Crippen LogP contribution in [-0.4, -0.2) is 24.3 Å². The lowest BCUT2D eigenvalue weighted by Crippen LogP contribution is -2.35. The van der Waals surface area contributed by atoms with Crippen LogP contribution in [0.15, 0.2) is 18.2 Å². The number of aliphatic hydroxyl groups is 1. The quantitative estimate of drug-likeness (QED) is 0.753. The minimum Gasteiger partial charge on any atom is -0.398 e. The summed E-state index contributed by atoms with van der Waals surface area (Å²) >= 11 is 0. The van der Waals surface area contributed by atoms with E-state index in [1.54, 1.807) is 6.07 Å². The van der Waals surface area contributed by atoms with Gasteiger partial charge < -0.3 is 15.7 Å². The summed E-state index contributed by atoms with van der Waals surface area (Å²) in [6.07, 6.45) is 1.07. The minimum absolute atomic E-state index is 0.154. The fraction of sp³-hybridized carbons (Fsp3) is 0.462. The van der Waals surface area contributed by atoms with Gasteiger partial charge in [-0.05, 0) is 30.5 Å². The molecule has 17 heavy (non-hydrogen) atoms. The number of aliphatic hydroxyl groups excluding tert-OH is 1. The summed E-state index contributed by atoms with van der Waals surface area (Å²) in [7, 11) is 0. The second-order valence-electron chi connectivity index (χ2n) is 4.59. The first-order chi connectivity index (χ1) is 8.17. The first kappa shape index (κ1) is 11.7. The maximum absolute atomic E-state index is 9.41. The molecule has 1 aliphatic heterocycles. The topological polar surface area (TPSA) is 73.3 Å². The Labute approximate surface area is 101 Å². The maximum atomic E-state index is 9.41. The van der Waals surface area contributed by atoms with Gasteiger partial charge in [-0.25, -0.2) is 0 Å². The number of nitrogens with zero attached hydrogens (tertiary/aromatic N) is 2. The van der Waals surface area contributed by atoms with Crippen LogP contribution >= 0.6 is 0 Å². The molecule has 4 nitrogen and oxygen atoms in total. The monoisotopic (exact) mass is 231 g/mol. The summed E-state index contributed by atoms with van der Waals surface area (Å²) < 4.78 is 0. The van der Waals surface area contributed by atoms with E-state index in [9.17, 15) is 5.11 Å². The number of nitriles is 1. The maximum Gasteiger partial charge on any atom is 0.101 e. The molecule has 4 heteroatoms. The molecular formula is C13H17N3O. The van der Waals surface area contributed by atoms with Gasteiger partial charge in [-0.1, -0.05) is 6.92 Å². The molecule has 90 valence electrons. The molecule has 1 aliphatic rings. The lowest BCUT2D eigenvalue weighted by Gasteiger charge is -2.27. The van der Waals surface area contributed by atoms with Gasteiger partial charge in [0.05, 0.1) is 23.9 Å². The highest BCUT2D eigenvalue weighted by Crippen LogP contribution is 2.31. The van der Waals surface area contributed by atoms with Crippen molar-refractivity contribution in [1.82, 2.24) is 0 Å². The zero-order chi connectivity index (χ0) is 12.4. The Morgan fingerprint density at radius 1 is 1.59 bits per heavy atom. The Hall–Kier alpha value is -1.73. The van der Waals surface area contributed by atoms with E-state index in [-0.39, 0.29) is 12.6 Å². The molecule has 1 heterocycles. The first-order valence-electron chi connectivity index (χ1n) is 5.84. The highest BCUT2D eigenvalue weighted by atomic mass is 16.3. The molecule has 0 radical (unpaired) electrons. The van der Waals surface area contributed by atoms with Crippen molar-refractivity contribution in [3.8, 4) is 6.07 Å². The van der Waals surface area contributed by atoms with E-state index >= 15 is 0 Å². The number of nitrogens with two attached hydrogens (primary N) is 1. The highest BCUT2D eigenvalue weighted by molar-refractivity contribution is 5.64. The number of nitrogen functional groups attached to an aromatic ring is 1. The number of hydrogen-bond donors (Lipinski definition) is 2. The highest BCUT2D eigenvalue weighted by Gasteiger charge is 2.30. The van der Waals surface area contributed by atoms with Crippen molar-refractivity contribution < 1.29 is 5.11 Å². The second-order valence-corrected chi connectivity index (χ2v) is 4.59. The van der Waals surface area contributed by atoms with E-state index in [0.717, 1.165) is 18.7 Å². The third-order valence-electron chi connectivity index (χ3n) is 3.56. The molecule has 2 rings (SSSR count). The van der Waals surface area contributed by atoms with Gasteiger partial charge in [0, 0.05) is 12.2 Å². The summed E-state index contributed by atoms with van der Waals surface area (Å²) in [5.41, 5.74) is 7.80. The Kier molecular flexibility index (Phi) is 3.21. The molecule has 3 N–H and O–H groups in total. The normalized spacial score (nSPS) is 23.7. The van der Waals surface area contributed by atoms with Gasteiger partial charge in [0.1, 0.15) is 6.07 Å². The van der Waals surface area contributed by atoms with Gasteiger partial charge in [0.25, 0.3) is 0 Å². The van der Waals surface area contributed by atoms with Crippen molar-refractivity contribution >= 4 is 11.4 Å². The average Bonchev–Trinajstić information content (AvgIpc) is 2.70. The summed E-state index contributed by atoms with van der Waals surface area (Å²) in [5.74, 6) is 0.483. The Balaban J connectivity index is 2.29. The molecule has 0 saturated carbocycles. The predicted molar refractivity (Wildman–Crippen MR) is 67.6 cm³/mol. The summed E-state index contributed by atoms with van der Waals surface area (Å²) in [6, 6.07) is 7.66. The van der Waals surface area contributed by atoms with Gasteiger partial charge in [-0.15, -0.1) is 0 Å². The van der Waals surface area contributed by atoms with Gasteiger partial charge in [0.2, 0.25) is 0 Å². The lowest BCUT2D eigenvalue weighted by molar-refractivity contribution is 0.245. The first-order valence-corrected chi connectivity index (χ1v) is 5.84. The van der Waals surface area contributed by atoms with Gasteiger partial charge in [-0.3, -0.25) is 0 Å². The van der Waals surface area contributed by atoms with Crippen LogP contribution in [0.2, 0.25) is 0 Å². The number of anilines is 2. The fourth-order valence-electron chi connectivity index (χ4n) is 2.44. The van der Waals surface area contributed by atoms with E-state index in [0.29, 0.717) is 17.2 Å². The number of hydrogen-bond acceptors (Lipinski definition) is 4. The van der Waals surface area contributed by atoms with Crippen molar-refractivity contribution in [2.24, 2.45) is 5.92 Å². The fourth-order valence-corrected chi connectivity index (χ4v) is 2.44. The SMILES string of the molecule is CC1CCN(c2ccc(C#N)c(N)c2)C1CO. The summed E-state index contributed by atoms with van der Waals surface area (Å²) in [5, 5.41) is 18.2. The van der Waals surface area contributed by atoms with Crippen molar-refractivity contribution in [2.75, 3.05) is 23.8 Å². The Morgan fingerprint density at radius 3 is 2.94 bits per heavy atom. The molecule has 1 aromatic rings. The van der Waals surface area contributed by atoms with E-state index in [4.69, 9.17) is 11.0 Å². The van der Waals surface area contributed by atoms with Crippen molar-refractivity contribution in [1.29, 1.82) is 5.26 Å². The zero-order valence-electron chi connectivity index (χ0n) is 9.93. The zero-order valence-corrected chi connectivity index (χ0v) is 9.93. The van der Waals surface area contributed by atoms with Crippen molar-refractivity contribution in [3.63, 3.8) is 0 Å². The molecule has 1 fully saturated rings. The van der Waals surface area contributed by atoms with E-state index in [1.807, 2.05) is 12.1 Å². The van der Waals surface area contributed by atoms with Crippen LogP contribution in [0.3, 0.4) is 0 Å². The van der Waals surface area contributed by atoms with Crippen LogP contribution in [0.4, 0.5) is 11.4 Å². The second kappa shape index (κ2) is 4.64. The lowest BCUT2D eigenvalue weighted by atomic mass is 10.0. The predicted octanol–water partition coefficient (Wildman–Crippen LogP) is 1.35. The molecule has 0 aromatic heterocycles. The average molecular weight is 231 g/mol. The minimum atomic E-state index is 0.154. The molecule has 0 bridgehead atoms. The largest absolute Gasteiger partial charge is 0.398 e. The Morgan fingerprint density at radius 2 is 2.35 bits per heavy atom. The van der Waals surface area contributed by atoms with Crippen LogP contribution in [-0.2, 0) is 0 Å². The van der Waals surface area contributed by atoms with Crippen LogP contribution < -0.4 is 10.6 Å². The van der Waals surface area contributed by atoms with Crippen molar-refractivity contribution in [3.05, 3.63) is 23.8 Å². The standard InChI is InChI=1S/C13H17N3O/c1-9-4-5-16(13(9)8-17)11-3-2-10(7-14)12(15)6-11/h2-3,6,9,13,17H,4-5,8,15H2,1H3. The molecule has 2 unspecified atom stereocenters. The van der Waals surface area contributed by atoms with Gasteiger partial charge in [0.15, 0.2) is 0 Å². The summed E-state index contributed by atoms with van der Waals surface area (Å²) in [6.45, 7) is 3.23. The van der Waals surface area contributed by atoms with Gasteiger partial charge in [-0.2, -0.15) is 5.26 Å². The Bertz CT molecular complexity index is 452. The molecular weight excluding hydrogens is 214 g/mol. The molecule has 0 spiro atoms. The number of rotatable bonds is 2. The smallest absolute Gasteiger partial charge is 0.101 e. The number of benzene rings is 1. The molecule has 2 atom stereocenters. The molecule has 0 aliphatic carbocycles. The van der Waals surface area contributed by atoms with Crippen LogP contribution in [0.1, 0.15) is 18.9 Å². The van der Waals surface area contributed by atoms with E-state index in [1.165, 1.54) is 0 Å². The van der Waals surface area contributed by atoms with Crippen LogP contribution in [0.25, 0.3) is 0 Å². The third-order valence-corrected chi connectivity index (χ3v) is 3.56. The molecule has 1 saturated heterocycles. The molecule has 1 aromatic carbocycles. The van der Waals surface area contributed by atoms with Gasteiger partial charge >= 0.3 is 0 Å². The molecule has 0 amide bonds. The summed E-state index contributed by atoms with van der Waals surface area (Å²) in [4.78, 5) is 2.17. The van der Waals surface area contributed by atoms with Crippen molar-refractivity contribution in [2.45, 2.75) is 19.4 Å².